The summed E-state index contributed by atoms with van der Waals surface area (Å²) >= 11 is 5.85. The van der Waals surface area contributed by atoms with Crippen LogP contribution in [0.2, 0.25) is 5.02 Å². The summed E-state index contributed by atoms with van der Waals surface area (Å²) in [6.07, 6.45) is 3.40. The number of anilines is 2. The number of halogens is 2. The van der Waals surface area contributed by atoms with Crippen LogP contribution in [0.15, 0.2) is 85.2 Å². The van der Waals surface area contributed by atoms with E-state index in [-0.39, 0.29) is 5.02 Å². The van der Waals surface area contributed by atoms with E-state index < -0.39 is 5.82 Å². The maximum absolute atomic E-state index is 14.1. The Morgan fingerprint density at radius 3 is 2.52 bits per heavy atom. The number of nitrogens with one attached hydrogen (secondary N) is 1. The molecule has 0 aliphatic rings. The molecule has 2 aromatic heterocycles. The van der Waals surface area contributed by atoms with E-state index in [9.17, 15) is 4.39 Å². The Hall–Kier alpha value is -4.03. The van der Waals surface area contributed by atoms with E-state index in [0.717, 1.165) is 33.3 Å². The van der Waals surface area contributed by atoms with Gasteiger partial charge in [0, 0.05) is 29.0 Å². The van der Waals surface area contributed by atoms with E-state index in [0.29, 0.717) is 17.3 Å². The Morgan fingerprint density at radius 1 is 0.879 bits per heavy atom. The lowest BCUT2D eigenvalue weighted by Crippen LogP contribution is -2.00. The SMILES string of the molecule is COc1cccc(-c2ccc3nc(-c4cccnc4)nc(Nc4ccc(Cl)c(F)c4)c3c2)c1. The predicted molar refractivity (Wildman–Crippen MR) is 129 cm³/mol. The number of ether oxygens (including phenoxy) is 1. The summed E-state index contributed by atoms with van der Waals surface area (Å²) in [5.74, 6) is 1.32. The van der Waals surface area contributed by atoms with Gasteiger partial charge in [0.25, 0.3) is 0 Å². The van der Waals surface area contributed by atoms with Crippen molar-refractivity contribution in [3.05, 3.63) is 96.0 Å². The summed E-state index contributed by atoms with van der Waals surface area (Å²) in [6, 6.07) is 22.0. The van der Waals surface area contributed by atoms with Crippen LogP contribution in [0.25, 0.3) is 33.4 Å². The van der Waals surface area contributed by atoms with E-state index >= 15 is 0 Å². The van der Waals surface area contributed by atoms with Crippen LogP contribution in [-0.2, 0) is 0 Å². The van der Waals surface area contributed by atoms with Crippen molar-refractivity contribution in [2.24, 2.45) is 0 Å². The van der Waals surface area contributed by atoms with Gasteiger partial charge in [-0.2, -0.15) is 0 Å². The number of hydrogen-bond acceptors (Lipinski definition) is 5. The van der Waals surface area contributed by atoms with Crippen molar-refractivity contribution in [3.63, 3.8) is 0 Å². The van der Waals surface area contributed by atoms with E-state index in [2.05, 4.69) is 10.3 Å². The number of benzene rings is 3. The lowest BCUT2D eigenvalue weighted by atomic mass is 10.0. The molecule has 0 amide bonds. The third-order valence-electron chi connectivity index (χ3n) is 5.20. The summed E-state index contributed by atoms with van der Waals surface area (Å²) in [6.45, 7) is 0. The number of nitrogens with zero attached hydrogens (tertiary/aromatic N) is 3. The molecule has 3 aromatic carbocycles. The minimum atomic E-state index is -0.510. The van der Waals surface area contributed by atoms with Gasteiger partial charge in [-0.15, -0.1) is 0 Å². The third kappa shape index (κ3) is 4.33. The van der Waals surface area contributed by atoms with Crippen LogP contribution >= 0.6 is 11.6 Å². The zero-order valence-corrected chi connectivity index (χ0v) is 18.3. The summed E-state index contributed by atoms with van der Waals surface area (Å²) in [5, 5.41) is 4.08. The van der Waals surface area contributed by atoms with Crippen LogP contribution in [-0.4, -0.2) is 22.1 Å². The highest BCUT2D eigenvalue weighted by atomic mass is 35.5. The molecule has 0 fully saturated rings. The highest BCUT2D eigenvalue weighted by molar-refractivity contribution is 6.30. The molecular formula is C26H18ClFN4O. The van der Waals surface area contributed by atoms with Gasteiger partial charge in [-0.3, -0.25) is 4.98 Å². The molecule has 0 aliphatic carbocycles. The first-order chi connectivity index (χ1) is 16.1. The maximum Gasteiger partial charge on any atom is 0.163 e. The van der Waals surface area contributed by atoms with Gasteiger partial charge in [0.05, 0.1) is 17.6 Å². The quantitative estimate of drug-likeness (QED) is 0.311. The minimum absolute atomic E-state index is 0.0597. The van der Waals surface area contributed by atoms with Crippen molar-refractivity contribution in [3.8, 4) is 28.3 Å². The Balaban J connectivity index is 1.67. The molecule has 5 nitrogen and oxygen atoms in total. The van der Waals surface area contributed by atoms with E-state index in [4.69, 9.17) is 26.3 Å². The molecule has 5 aromatic rings. The van der Waals surface area contributed by atoms with E-state index in [1.807, 2.05) is 54.6 Å². The van der Waals surface area contributed by atoms with Gasteiger partial charge >= 0.3 is 0 Å². The molecule has 0 unspecified atom stereocenters. The van der Waals surface area contributed by atoms with Crippen LogP contribution in [0.5, 0.6) is 5.75 Å². The summed E-state index contributed by atoms with van der Waals surface area (Å²) < 4.78 is 19.4. The third-order valence-corrected chi connectivity index (χ3v) is 5.51. The Morgan fingerprint density at radius 2 is 1.73 bits per heavy atom. The van der Waals surface area contributed by atoms with Gasteiger partial charge in [0.1, 0.15) is 17.4 Å². The fourth-order valence-electron chi connectivity index (χ4n) is 3.54. The van der Waals surface area contributed by atoms with Crippen molar-refractivity contribution in [1.29, 1.82) is 0 Å². The second-order valence-corrected chi connectivity index (χ2v) is 7.76. The molecule has 162 valence electrons. The van der Waals surface area contributed by atoms with Crippen LogP contribution < -0.4 is 10.1 Å². The fraction of sp³-hybridized carbons (Fsp3) is 0.0385. The first kappa shape index (κ1) is 20.8. The van der Waals surface area contributed by atoms with Gasteiger partial charge < -0.3 is 10.1 Å². The van der Waals surface area contributed by atoms with Crippen molar-refractivity contribution < 1.29 is 9.13 Å². The molecule has 0 radical (unpaired) electrons. The van der Waals surface area contributed by atoms with Crippen molar-refractivity contribution in [1.82, 2.24) is 15.0 Å². The predicted octanol–water partition coefficient (Wildman–Crippen LogP) is 6.90. The zero-order chi connectivity index (χ0) is 22.8. The zero-order valence-electron chi connectivity index (χ0n) is 17.6. The number of methoxy groups -OCH3 is 1. The van der Waals surface area contributed by atoms with Gasteiger partial charge in [0.15, 0.2) is 5.82 Å². The molecule has 0 aliphatic heterocycles. The molecule has 0 spiro atoms. The normalized spacial score (nSPS) is 10.9. The first-order valence-electron chi connectivity index (χ1n) is 10.2. The molecule has 0 saturated heterocycles. The average molecular weight is 457 g/mol. The number of hydrogen-bond donors (Lipinski definition) is 1. The van der Waals surface area contributed by atoms with Crippen molar-refractivity contribution >= 4 is 34.0 Å². The van der Waals surface area contributed by atoms with Gasteiger partial charge in [-0.1, -0.05) is 29.8 Å². The molecule has 0 atom stereocenters. The number of aromatic nitrogens is 3. The molecule has 0 bridgehead atoms. The van der Waals surface area contributed by atoms with Crippen LogP contribution in [0, 0.1) is 5.82 Å². The first-order valence-corrected chi connectivity index (χ1v) is 10.6. The summed E-state index contributed by atoms with van der Waals surface area (Å²) in [5.41, 5.74) is 4.02. The monoisotopic (exact) mass is 456 g/mol. The highest BCUT2D eigenvalue weighted by Gasteiger charge is 2.13. The number of rotatable bonds is 5. The van der Waals surface area contributed by atoms with E-state index in [1.54, 1.807) is 25.6 Å². The smallest absolute Gasteiger partial charge is 0.163 e. The minimum Gasteiger partial charge on any atom is -0.497 e. The van der Waals surface area contributed by atoms with E-state index in [1.165, 1.54) is 12.1 Å². The molecular weight excluding hydrogens is 439 g/mol. The van der Waals surface area contributed by atoms with Crippen LogP contribution in [0.4, 0.5) is 15.9 Å². The van der Waals surface area contributed by atoms with Gasteiger partial charge in [-0.05, 0) is 65.7 Å². The molecule has 7 heteroatoms. The lowest BCUT2D eigenvalue weighted by Gasteiger charge is -2.13. The topological polar surface area (TPSA) is 59.9 Å². The summed E-state index contributed by atoms with van der Waals surface area (Å²) in [7, 11) is 1.64. The highest BCUT2D eigenvalue weighted by Crippen LogP contribution is 2.32. The van der Waals surface area contributed by atoms with Gasteiger partial charge in [-0.25, -0.2) is 14.4 Å². The number of fused-ring (bicyclic) bond motifs is 1. The Kier molecular flexibility index (Phi) is 5.59. The molecule has 5 rings (SSSR count). The van der Waals surface area contributed by atoms with Crippen molar-refractivity contribution in [2.45, 2.75) is 0 Å². The van der Waals surface area contributed by atoms with Gasteiger partial charge in [0.2, 0.25) is 0 Å². The lowest BCUT2D eigenvalue weighted by molar-refractivity contribution is 0.415. The Labute approximate surface area is 194 Å². The largest absolute Gasteiger partial charge is 0.497 e. The second kappa shape index (κ2) is 8.84. The average Bonchev–Trinajstić information content (AvgIpc) is 2.86. The van der Waals surface area contributed by atoms with Crippen LogP contribution in [0.3, 0.4) is 0 Å². The Bertz CT molecular complexity index is 1460. The molecule has 0 saturated carbocycles. The molecule has 2 heterocycles. The summed E-state index contributed by atoms with van der Waals surface area (Å²) in [4.78, 5) is 13.7. The molecule has 33 heavy (non-hydrogen) atoms. The van der Waals surface area contributed by atoms with Crippen LogP contribution in [0.1, 0.15) is 0 Å². The second-order valence-electron chi connectivity index (χ2n) is 7.36. The molecule has 1 N–H and O–H groups in total. The van der Waals surface area contributed by atoms with Crippen molar-refractivity contribution in [2.75, 3.05) is 12.4 Å². The standard InChI is InChI=1S/C26H18ClFN4O/c1-33-20-6-2-4-16(12-20)17-7-10-24-21(13-17)26(30-19-8-9-22(27)23(28)14-19)32-25(31-24)18-5-3-11-29-15-18/h2-15H,1H3,(H,30,31,32). The fourth-order valence-corrected chi connectivity index (χ4v) is 3.66. The maximum atomic E-state index is 14.1. The number of pyridine rings is 1.